The second-order valence-electron chi connectivity index (χ2n) is 4.10. The highest BCUT2D eigenvalue weighted by Gasteiger charge is 2.06. The molecule has 0 aromatic heterocycles. The first kappa shape index (κ1) is 15.4. The number of nitrogens with one attached hydrogen (secondary N) is 1. The van der Waals surface area contributed by atoms with Gasteiger partial charge in [0, 0.05) is 32.6 Å². The van der Waals surface area contributed by atoms with Crippen LogP contribution in [0.2, 0.25) is 0 Å². The maximum Gasteiger partial charge on any atom is 0.216 e. The molecule has 0 aromatic rings. The predicted octanol–water partition coefficient (Wildman–Crippen LogP) is 1.33. The number of amides is 1. The van der Waals surface area contributed by atoms with E-state index in [1.54, 1.807) is 0 Å². The number of aliphatic hydroxyl groups excluding tert-OH is 1. The first-order valence-electron chi connectivity index (χ1n) is 6.13. The van der Waals surface area contributed by atoms with E-state index in [0.717, 1.165) is 38.8 Å². The van der Waals surface area contributed by atoms with Crippen LogP contribution in [0, 0.1) is 5.92 Å². The number of hydrogen-bond donors (Lipinski definition) is 2. The zero-order valence-corrected chi connectivity index (χ0v) is 10.5. The summed E-state index contributed by atoms with van der Waals surface area (Å²) in [5.74, 6) is 0.258. The summed E-state index contributed by atoms with van der Waals surface area (Å²) in [6.45, 7) is 5.91. The van der Waals surface area contributed by atoms with Gasteiger partial charge in [-0.15, -0.1) is 0 Å². The molecule has 0 heterocycles. The molecule has 1 amide bonds. The third kappa shape index (κ3) is 9.93. The van der Waals surface area contributed by atoms with Gasteiger partial charge in [0.25, 0.3) is 0 Å². The van der Waals surface area contributed by atoms with Gasteiger partial charge in [-0.1, -0.05) is 13.3 Å². The molecule has 0 fully saturated rings. The van der Waals surface area contributed by atoms with Gasteiger partial charge in [0.2, 0.25) is 5.91 Å². The van der Waals surface area contributed by atoms with Crippen molar-refractivity contribution in [2.45, 2.75) is 39.5 Å². The largest absolute Gasteiger partial charge is 0.396 e. The first-order valence-corrected chi connectivity index (χ1v) is 6.13. The van der Waals surface area contributed by atoms with Crippen LogP contribution in [0.5, 0.6) is 0 Å². The van der Waals surface area contributed by atoms with E-state index in [4.69, 9.17) is 9.84 Å². The first-order chi connectivity index (χ1) is 7.70. The van der Waals surface area contributed by atoms with E-state index in [-0.39, 0.29) is 18.4 Å². The van der Waals surface area contributed by atoms with Crippen LogP contribution >= 0.6 is 0 Å². The van der Waals surface area contributed by atoms with Crippen LogP contribution in [-0.2, 0) is 9.53 Å². The molecule has 96 valence electrons. The van der Waals surface area contributed by atoms with E-state index in [0.29, 0.717) is 6.61 Å². The molecule has 0 aliphatic carbocycles. The Kier molecular flexibility index (Phi) is 10.5. The molecular formula is C12H25NO3. The lowest BCUT2D eigenvalue weighted by Crippen LogP contribution is -2.21. The zero-order valence-electron chi connectivity index (χ0n) is 10.5. The number of rotatable bonds is 10. The summed E-state index contributed by atoms with van der Waals surface area (Å²) >= 11 is 0. The fourth-order valence-electron chi connectivity index (χ4n) is 1.44. The van der Waals surface area contributed by atoms with Gasteiger partial charge in [0.1, 0.15) is 0 Å². The molecule has 0 aromatic carbocycles. The zero-order chi connectivity index (χ0) is 12.2. The van der Waals surface area contributed by atoms with Crippen molar-refractivity contribution in [3.05, 3.63) is 0 Å². The molecule has 0 rings (SSSR count). The SMILES string of the molecule is CCCOCC(CO)CCCCNC(C)=O. The van der Waals surface area contributed by atoms with Crippen LogP contribution in [0.4, 0.5) is 0 Å². The van der Waals surface area contributed by atoms with Crippen molar-refractivity contribution in [1.82, 2.24) is 5.32 Å². The molecule has 0 radical (unpaired) electrons. The lowest BCUT2D eigenvalue weighted by Gasteiger charge is -2.14. The fraction of sp³-hybridized carbons (Fsp3) is 0.917. The Balaban J connectivity index is 3.36. The summed E-state index contributed by atoms with van der Waals surface area (Å²) in [5.41, 5.74) is 0. The van der Waals surface area contributed by atoms with Gasteiger partial charge >= 0.3 is 0 Å². The molecule has 0 saturated heterocycles. The van der Waals surface area contributed by atoms with E-state index in [2.05, 4.69) is 12.2 Å². The van der Waals surface area contributed by atoms with Gasteiger partial charge in [-0.3, -0.25) is 4.79 Å². The molecule has 0 aliphatic rings. The van der Waals surface area contributed by atoms with E-state index < -0.39 is 0 Å². The Morgan fingerprint density at radius 1 is 1.44 bits per heavy atom. The number of ether oxygens (including phenoxy) is 1. The average Bonchev–Trinajstić information content (AvgIpc) is 2.26. The Morgan fingerprint density at radius 3 is 2.75 bits per heavy atom. The lowest BCUT2D eigenvalue weighted by atomic mass is 10.0. The summed E-state index contributed by atoms with van der Waals surface area (Å²) < 4.78 is 5.40. The maximum atomic E-state index is 10.6. The normalized spacial score (nSPS) is 12.4. The van der Waals surface area contributed by atoms with E-state index >= 15 is 0 Å². The molecule has 16 heavy (non-hydrogen) atoms. The number of unbranched alkanes of at least 4 members (excludes halogenated alkanes) is 1. The van der Waals surface area contributed by atoms with E-state index in [1.807, 2.05) is 0 Å². The highest BCUT2D eigenvalue weighted by Crippen LogP contribution is 2.08. The van der Waals surface area contributed by atoms with Crippen LogP contribution in [0.25, 0.3) is 0 Å². The Morgan fingerprint density at radius 2 is 2.19 bits per heavy atom. The molecule has 4 nitrogen and oxygen atoms in total. The second kappa shape index (κ2) is 10.9. The average molecular weight is 231 g/mol. The van der Waals surface area contributed by atoms with Crippen molar-refractivity contribution >= 4 is 5.91 Å². The molecule has 0 bridgehead atoms. The molecule has 0 aliphatic heterocycles. The number of hydrogen-bond acceptors (Lipinski definition) is 3. The Bertz CT molecular complexity index is 174. The van der Waals surface area contributed by atoms with E-state index in [9.17, 15) is 4.79 Å². The topological polar surface area (TPSA) is 58.6 Å². The highest BCUT2D eigenvalue weighted by atomic mass is 16.5. The smallest absolute Gasteiger partial charge is 0.216 e. The maximum absolute atomic E-state index is 10.6. The standard InChI is InChI=1S/C12H25NO3/c1-3-8-16-10-12(9-14)6-4-5-7-13-11(2)15/h12,14H,3-10H2,1-2H3,(H,13,15). The number of carbonyl (C=O) groups is 1. The van der Waals surface area contributed by atoms with Gasteiger partial charge in [0.15, 0.2) is 0 Å². The second-order valence-corrected chi connectivity index (χ2v) is 4.10. The van der Waals surface area contributed by atoms with Gasteiger partial charge in [-0.05, 0) is 19.3 Å². The molecule has 2 N–H and O–H groups in total. The van der Waals surface area contributed by atoms with Crippen molar-refractivity contribution in [3.63, 3.8) is 0 Å². The Labute approximate surface area is 98.4 Å². The molecule has 0 saturated carbocycles. The summed E-state index contributed by atoms with van der Waals surface area (Å²) in [4.78, 5) is 10.6. The van der Waals surface area contributed by atoms with Crippen LogP contribution in [-0.4, -0.2) is 37.4 Å². The minimum atomic E-state index is 0.0185. The highest BCUT2D eigenvalue weighted by molar-refractivity contribution is 5.72. The van der Waals surface area contributed by atoms with Gasteiger partial charge < -0.3 is 15.2 Å². The van der Waals surface area contributed by atoms with Crippen LogP contribution in [0.3, 0.4) is 0 Å². The van der Waals surface area contributed by atoms with Crippen molar-refractivity contribution in [1.29, 1.82) is 0 Å². The Hall–Kier alpha value is -0.610. The van der Waals surface area contributed by atoms with Crippen molar-refractivity contribution in [3.8, 4) is 0 Å². The lowest BCUT2D eigenvalue weighted by molar-refractivity contribution is -0.118. The molecule has 4 heteroatoms. The quantitative estimate of drug-likeness (QED) is 0.558. The van der Waals surface area contributed by atoms with Gasteiger partial charge in [0.05, 0.1) is 6.61 Å². The summed E-state index contributed by atoms with van der Waals surface area (Å²) in [5, 5.41) is 11.9. The van der Waals surface area contributed by atoms with E-state index in [1.165, 1.54) is 6.92 Å². The molecule has 1 unspecified atom stereocenters. The minimum absolute atomic E-state index is 0.0185. The predicted molar refractivity (Wildman–Crippen MR) is 64.2 cm³/mol. The van der Waals surface area contributed by atoms with Gasteiger partial charge in [-0.25, -0.2) is 0 Å². The molecule has 0 spiro atoms. The van der Waals surface area contributed by atoms with Crippen molar-refractivity contribution in [2.75, 3.05) is 26.4 Å². The van der Waals surface area contributed by atoms with Crippen LogP contribution in [0.1, 0.15) is 39.5 Å². The van der Waals surface area contributed by atoms with Crippen LogP contribution < -0.4 is 5.32 Å². The fourth-order valence-corrected chi connectivity index (χ4v) is 1.44. The number of aliphatic hydroxyl groups is 1. The molecular weight excluding hydrogens is 206 g/mol. The third-order valence-electron chi connectivity index (χ3n) is 2.37. The van der Waals surface area contributed by atoms with Crippen molar-refractivity contribution in [2.24, 2.45) is 5.92 Å². The molecule has 1 atom stereocenters. The number of carbonyl (C=O) groups excluding carboxylic acids is 1. The third-order valence-corrected chi connectivity index (χ3v) is 2.37. The minimum Gasteiger partial charge on any atom is -0.396 e. The van der Waals surface area contributed by atoms with Crippen LogP contribution in [0.15, 0.2) is 0 Å². The summed E-state index contributed by atoms with van der Waals surface area (Å²) in [6.07, 6.45) is 3.95. The summed E-state index contributed by atoms with van der Waals surface area (Å²) in [6, 6.07) is 0. The van der Waals surface area contributed by atoms with Gasteiger partial charge in [-0.2, -0.15) is 0 Å². The summed E-state index contributed by atoms with van der Waals surface area (Å²) in [7, 11) is 0. The van der Waals surface area contributed by atoms with Crippen molar-refractivity contribution < 1.29 is 14.6 Å². The monoisotopic (exact) mass is 231 g/mol.